The van der Waals surface area contributed by atoms with Crippen LogP contribution in [0.5, 0.6) is 5.75 Å². The van der Waals surface area contributed by atoms with Crippen LogP contribution in [0.25, 0.3) is 0 Å². The third-order valence-electron chi connectivity index (χ3n) is 7.61. The number of unbranched alkanes of at least 4 members (excludes halogenated alkanes) is 1. The molecule has 0 saturated carbocycles. The second kappa shape index (κ2) is 14.7. The van der Waals surface area contributed by atoms with Crippen LogP contribution in [-0.2, 0) is 35.1 Å². The molecule has 2 aliphatic heterocycles. The lowest BCUT2D eigenvalue weighted by Gasteiger charge is -2.36. The molecule has 2 heterocycles. The summed E-state index contributed by atoms with van der Waals surface area (Å²) in [7, 11) is 0. The number of amides is 4. The molecule has 0 bridgehead atoms. The molecule has 4 atom stereocenters. The van der Waals surface area contributed by atoms with Crippen LogP contribution in [0, 0.1) is 0 Å². The lowest BCUT2D eigenvalue weighted by Crippen LogP contribution is -2.65. The van der Waals surface area contributed by atoms with Gasteiger partial charge >= 0.3 is 5.97 Å². The van der Waals surface area contributed by atoms with E-state index in [1.54, 1.807) is 32.1 Å². The van der Waals surface area contributed by atoms with Crippen molar-refractivity contribution >= 4 is 29.6 Å². The second-order valence-corrected chi connectivity index (χ2v) is 10.7. The summed E-state index contributed by atoms with van der Waals surface area (Å²) < 4.78 is 10.5. The predicted octanol–water partition coefficient (Wildman–Crippen LogP) is 1.79. The molecule has 3 N–H and O–H groups in total. The van der Waals surface area contributed by atoms with Crippen LogP contribution in [0.4, 0.5) is 0 Å². The first-order chi connectivity index (χ1) is 19.6. The molecular formula is C30H42N4O7. The average Bonchev–Trinajstić information content (AvgIpc) is 3.44. The fraction of sp³-hybridized carbons (Fsp3) is 0.567. The van der Waals surface area contributed by atoms with Gasteiger partial charge in [0.15, 0.2) is 0 Å². The minimum Gasteiger partial charge on any atom is -0.490 e. The smallest absolute Gasteiger partial charge is 0.302 e. The first kappa shape index (κ1) is 31.6. The standard InChI is InChI=1S/C30H42N4O7/c1-5-17-41-22-14-12-21(13-15-22)19-24-28(38)34-16-9-11-25(34)27(37)31-23(10-7-8-18-40-20(3)35)26(36)33-30(4,6-2)29(39)32-24/h5,12-15,23-25H,1,6-11,16-19H2,2-4H3,(H,31,37)(H,32,39)(H,33,36)/t23-,24-,25+,30-/m0/s1. The molecule has 0 unspecified atom stereocenters. The highest BCUT2D eigenvalue weighted by Crippen LogP contribution is 2.23. The molecule has 2 saturated heterocycles. The van der Waals surface area contributed by atoms with E-state index < -0.39 is 41.4 Å². The molecule has 1 aromatic carbocycles. The fourth-order valence-electron chi connectivity index (χ4n) is 5.00. The Hall–Kier alpha value is -3.89. The zero-order valence-electron chi connectivity index (χ0n) is 24.2. The molecule has 0 aromatic heterocycles. The van der Waals surface area contributed by atoms with E-state index in [1.807, 2.05) is 12.1 Å². The van der Waals surface area contributed by atoms with Crippen LogP contribution in [0.3, 0.4) is 0 Å². The molecule has 2 fully saturated rings. The van der Waals surface area contributed by atoms with Gasteiger partial charge in [0.25, 0.3) is 0 Å². The van der Waals surface area contributed by atoms with Gasteiger partial charge in [0, 0.05) is 19.9 Å². The number of esters is 1. The van der Waals surface area contributed by atoms with Crippen LogP contribution in [0.15, 0.2) is 36.9 Å². The number of nitrogens with zero attached hydrogens (tertiary/aromatic N) is 1. The van der Waals surface area contributed by atoms with E-state index in [4.69, 9.17) is 9.47 Å². The Kier molecular flexibility index (Phi) is 11.3. The Morgan fingerprint density at radius 2 is 1.83 bits per heavy atom. The highest BCUT2D eigenvalue weighted by Gasteiger charge is 2.43. The van der Waals surface area contributed by atoms with Crippen LogP contribution >= 0.6 is 0 Å². The van der Waals surface area contributed by atoms with Crippen LogP contribution in [0.1, 0.15) is 64.9 Å². The number of nitrogens with one attached hydrogen (secondary N) is 3. The largest absolute Gasteiger partial charge is 0.490 e. The van der Waals surface area contributed by atoms with Crippen molar-refractivity contribution in [2.75, 3.05) is 19.8 Å². The molecule has 0 spiro atoms. The summed E-state index contributed by atoms with van der Waals surface area (Å²) >= 11 is 0. The van der Waals surface area contributed by atoms with Crippen molar-refractivity contribution in [1.82, 2.24) is 20.9 Å². The van der Waals surface area contributed by atoms with E-state index in [0.717, 1.165) is 5.56 Å². The lowest BCUT2D eigenvalue weighted by atomic mass is 9.94. The van der Waals surface area contributed by atoms with Crippen molar-refractivity contribution in [2.45, 2.75) is 89.4 Å². The minimum absolute atomic E-state index is 0.204. The van der Waals surface area contributed by atoms with Crippen LogP contribution in [-0.4, -0.2) is 77.9 Å². The van der Waals surface area contributed by atoms with E-state index in [1.165, 1.54) is 11.8 Å². The topological polar surface area (TPSA) is 143 Å². The van der Waals surface area contributed by atoms with E-state index in [2.05, 4.69) is 22.5 Å². The summed E-state index contributed by atoms with van der Waals surface area (Å²) in [4.78, 5) is 66.9. The number of carbonyl (C=O) groups is 5. The molecule has 41 heavy (non-hydrogen) atoms. The summed E-state index contributed by atoms with van der Waals surface area (Å²) in [6.07, 6.45) is 4.52. The Morgan fingerprint density at radius 3 is 2.49 bits per heavy atom. The number of benzene rings is 1. The molecule has 11 heteroatoms. The predicted molar refractivity (Wildman–Crippen MR) is 152 cm³/mol. The third-order valence-corrected chi connectivity index (χ3v) is 7.61. The van der Waals surface area contributed by atoms with Crippen molar-refractivity contribution in [2.24, 2.45) is 0 Å². The first-order valence-corrected chi connectivity index (χ1v) is 14.3. The Labute approximate surface area is 241 Å². The van der Waals surface area contributed by atoms with Gasteiger partial charge in [0.1, 0.15) is 36.0 Å². The maximum atomic E-state index is 13.9. The van der Waals surface area contributed by atoms with Gasteiger partial charge in [-0.05, 0) is 63.1 Å². The summed E-state index contributed by atoms with van der Waals surface area (Å²) in [6.45, 7) is 9.30. The number of hydrogen-bond donors (Lipinski definition) is 3. The molecule has 0 aliphatic carbocycles. The zero-order valence-corrected chi connectivity index (χ0v) is 24.2. The van der Waals surface area contributed by atoms with Gasteiger partial charge in [-0.3, -0.25) is 24.0 Å². The van der Waals surface area contributed by atoms with E-state index >= 15 is 0 Å². The van der Waals surface area contributed by atoms with Gasteiger partial charge in [-0.1, -0.05) is 31.7 Å². The van der Waals surface area contributed by atoms with Crippen molar-refractivity contribution in [3.8, 4) is 5.75 Å². The van der Waals surface area contributed by atoms with Gasteiger partial charge in [-0.2, -0.15) is 0 Å². The number of rotatable bonds is 11. The van der Waals surface area contributed by atoms with Crippen molar-refractivity contribution in [1.29, 1.82) is 0 Å². The Balaban J connectivity index is 1.85. The summed E-state index contributed by atoms with van der Waals surface area (Å²) in [5, 5.41) is 8.55. The monoisotopic (exact) mass is 570 g/mol. The van der Waals surface area contributed by atoms with E-state index in [-0.39, 0.29) is 37.7 Å². The molecule has 2 aliphatic rings. The normalized spacial score (nSPS) is 25.1. The molecule has 224 valence electrons. The van der Waals surface area contributed by atoms with Gasteiger partial charge < -0.3 is 30.3 Å². The van der Waals surface area contributed by atoms with E-state index in [0.29, 0.717) is 44.6 Å². The number of fused-ring (bicyclic) bond motifs is 1. The van der Waals surface area contributed by atoms with Gasteiger partial charge in [0.2, 0.25) is 23.6 Å². The summed E-state index contributed by atoms with van der Waals surface area (Å²) in [6, 6.07) is 4.64. The maximum absolute atomic E-state index is 13.9. The molecule has 11 nitrogen and oxygen atoms in total. The SMILES string of the molecule is C=CCOc1ccc(C[C@@H]2NC(=O)[C@](C)(CC)NC(=O)[C@H](CCCCOC(C)=O)NC(=O)[C@H]3CCCN3C2=O)cc1. The summed E-state index contributed by atoms with van der Waals surface area (Å²) in [5.74, 6) is -1.43. The molecule has 1 aromatic rings. The summed E-state index contributed by atoms with van der Waals surface area (Å²) in [5.41, 5.74) is -0.513. The second-order valence-electron chi connectivity index (χ2n) is 10.7. The highest BCUT2D eigenvalue weighted by atomic mass is 16.5. The minimum atomic E-state index is -1.32. The molecular weight excluding hydrogens is 528 g/mol. The quantitative estimate of drug-likeness (QED) is 0.209. The Morgan fingerprint density at radius 1 is 1.10 bits per heavy atom. The maximum Gasteiger partial charge on any atom is 0.302 e. The van der Waals surface area contributed by atoms with Gasteiger partial charge in [-0.15, -0.1) is 0 Å². The van der Waals surface area contributed by atoms with Gasteiger partial charge in [0.05, 0.1) is 6.61 Å². The van der Waals surface area contributed by atoms with Crippen LogP contribution in [0.2, 0.25) is 0 Å². The zero-order chi connectivity index (χ0) is 30.0. The molecule has 0 radical (unpaired) electrons. The van der Waals surface area contributed by atoms with Crippen LogP contribution < -0.4 is 20.7 Å². The first-order valence-electron chi connectivity index (χ1n) is 14.3. The van der Waals surface area contributed by atoms with E-state index in [9.17, 15) is 24.0 Å². The van der Waals surface area contributed by atoms with Crippen molar-refractivity contribution in [3.05, 3.63) is 42.5 Å². The fourth-order valence-corrected chi connectivity index (χ4v) is 5.00. The van der Waals surface area contributed by atoms with Crippen molar-refractivity contribution in [3.63, 3.8) is 0 Å². The average molecular weight is 571 g/mol. The van der Waals surface area contributed by atoms with Crippen molar-refractivity contribution < 1.29 is 33.4 Å². The van der Waals surface area contributed by atoms with Gasteiger partial charge in [-0.25, -0.2) is 0 Å². The third kappa shape index (κ3) is 8.55. The number of hydrogen-bond acceptors (Lipinski definition) is 7. The molecule has 3 rings (SSSR count). The Bertz CT molecular complexity index is 1120. The lowest BCUT2D eigenvalue weighted by molar-refractivity contribution is -0.144. The highest BCUT2D eigenvalue weighted by molar-refractivity contribution is 5.99. The number of carbonyl (C=O) groups excluding carboxylic acids is 5. The number of ether oxygens (including phenoxy) is 2. The molecule has 4 amide bonds.